The lowest BCUT2D eigenvalue weighted by Gasteiger charge is -2.09. The van der Waals surface area contributed by atoms with Gasteiger partial charge in [-0.05, 0) is 42.7 Å². The van der Waals surface area contributed by atoms with Crippen LogP contribution in [-0.2, 0) is 0 Å². The number of aromatic nitrogens is 4. The second-order valence-corrected chi connectivity index (χ2v) is 6.59. The predicted molar refractivity (Wildman–Crippen MR) is 102 cm³/mol. The van der Waals surface area contributed by atoms with Gasteiger partial charge in [-0.15, -0.1) is 0 Å². The number of hydrogen-bond donors (Lipinski definition) is 2. The minimum atomic E-state index is -0.576. The summed E-state index contributed by atoms with van der Waals surface area (Å²) in [6.45, 7) is 0. The van der Waals surface area contributed by atoms with E-state index < -0.39 is 6.04 Å². The van der Waals surface area contributed by atoms with E-state index in [2.05, 4.69) is 19.9 Å². The summed E-state index contributed by atoms with van der Waals surface area (Å²) in [5.74, 6) is 0.110. The molecule has 3 heterocycles. The van der Waals surface area contributed by atoms with Crippen LogP contribution in [0.4, 0.5) is 4.39 Å². The minimum Gasteiger partial charge on any atom is -0.447 e. The van der Waals surface area contributed by atoms with E-state index in [9.17, 15) is 4.39 Å². The fourth-order valence-electron chi connectivity index (χ4n) is 2.76. The largest absolute Gasteiger partial charge is 0.447 e. The average molecular weight is 381 g/mol. The third-order valence-electron chi connectivity index (χ3n) is 4.10. The lowest BCUT2D eigenvalue weighted by atomic mass is 10.0. The van der Waals surface area contributed by atoms with Crippen molar-refractivity contribution in [2.75, 3.05) is 6.26 Å². The maximum Gasteiger partial charge on any atom is 0.217 e. The summed E-state index contributed by atoms with van der Waals surface area (Å²) in [6, 6.07) is 9.44. The Morgan fingerprint density at radius 1 is 1.11 bits per heavy atom. The number of rotatable bonds is 5. The Bertz CT molecular complexity index is 1050. The van der Waals surface area contributed by atoms with E-state index in [1.807, 2.05) is 18.4 Å². The van der Waals surface area contributed by atoms with Crippen molar-refractivity contribution in [2.45, 2.75) is 11.2 Å². The zero-order valence-corrected chi connectivity index (χ0v) is 15.2. The van der Waals surface area contributed by atoms with Gasteiger partial charge in [-0.3, -0.25) is 4.98 Å². The highest BCUT2D eigenvalue weighted by molar-refractivity contribution is 7.98. The van der Waals surface area contributed by atoms with Crippen molar-refractivity contribution >= 4 is 11.8 Å². The summed E-state index contributed by atoms with van der Waals surface area (Å²) < 4.78 is 18.6. The standard InChI is InChI=1S/C19H16FN5OS/c1-27-19-24-16(11-2-4-13(20)5-3-11)17(25-19)12-6-7-22-14(10-12)15(21)18-23-8-9-26-18/h2-10,15H,21H2,1H3,(H,24,25). The van der Waals surface area contributed by atoms with Gasteiger partial charge in [-0.1, -0.05) is 11.8 Å². The van der Waals surface area contributed by atoms with Gasteiger partial charge in [0.1, 0.15) is 18.1 Å². The molecule has 0 fully saturated rings. The molecule has 0 aliphatic rings. The molecule has 0 aliphatic heterocycles. The molecular formula is C19H16FN5OS. The van der Waals surface area contributed by atoms with E-state index in [4.69, 9.17) is 10.2 Å². The first kappa shape index (κ1) is 17.4. The number of aromatic amines is 1. The lowest BCUT2D eigenvalue weighted by Crippen LogP contribution is -2.13. The Morgan fingerprint density at radius 3 is 2.63 bits per heavy atom. The molecule has 0 saturated carbocycles. The Hall–Kier alpha value is -2.97. The molecule has 1 unspecified atom stereocenters. The van der Waals surface area contributed by atoms with Crippen LogP contribution >= 0.6 is 11.8 Å². The first-order valence-electron chi connectivity index (χ1n) is 8.17. The van der Waals surface area contributed by atoms with Gasteiger partial charge in [0, 0.05) is 17.3 Å². The van der Waals surface area contributed by atoms with Gasteiger partial charge in [0.05, 0.1) is 23.3 Å². The lowest BCUT2D eigenvalue weighted by molar-refractivity contribution is 0.470. The molecule has 0 spiro atoms. The number of H-pyrrole nitrogens is 1. The first-order chi connectivity index (χ1) is 13.2. The third-order valence-corrected chi connectivity index (χ3v) is 4.68. The molecule has 6 nitrogen and oxygen atoms in total. The van der Waals surface area contributed by atoms with Crippen LogP contribution in [0.2, 0.25) is 0 Å². The van der Waals surface area contributed by atoms with E-state index in [0.717, 1.165) is 27.7 Å². The number of halogens is 1. The van der Waals surface area contributed by atoms with Gasteiger partial charge in [0.15, 0.2) is 5.16 Å². The van der Waals surface area contributed by atoms with Gasteiger partial charge in [-0.2, -0.15) is 0 Å². The summed E-state index contributed by atoms with van der Waals surface area (Å²) in [5, 5.41) is 0.764. The Labute approximate surface area is 159 Å². The zero-order valence-electron chi connectivity index (χ0n) is 14.4. The normalized spacial score (nSPS) is 12.3. The number of imidazole rings is 1. The van der Waals surface area contributed by atoms with Crippen molar-refractivity contribution < 1.29 is 8.81 Å². The van der Waals surface area contributed by atoms with Gasteiger partial charge in [0.25, 0.3) is 0 Å². The van der Waals surface area contributed by atoms with E-state index >= 15 is 0 Å². The van der Waals surface area contributed by atoms with Crippen molar-refractivity contribution in [3.63, 3.8) is 0 Å². The molecule has 4 rings (SSSR count). The zero-order chi connectivity index (χ0) is 18.8. The Kier molecular flexibility index (Phi) is 4.74. The van der Waals surface area contributed by atoms with Gasteiger partial charge < -0.3 is 15.1 Å². The fraction of sp³-hybridized carbons (Fsp3) is 0.105. The van der Waals surface area contributed by atoms with Crippen LogP contribution < -0.4 is 5.73 Å². The highest BCUT2D eigenvalue weighted by Gasteiger charge is 2.18. The molecule has 0 aliphatic carbocycles. The van der Waals surface area contributed by atoms with Crippen LogP contribution in [0.3, 0.4) is 0 Å². The SMILES string of the molecule is CSc1nc(-c2ccnc(C(N)c3ncco3)c2)c(-c2ccc(F)cc2)[nH]1. The molecule has 3 N–H and O–H groups in total. The van der Waals surface area contributed by atoms with Gasteiger partial charge >= 0.3 is 0 Å². The Morgan fingerprint density at radius 2 is 1.93 bits per heavy atom. The molecule has 3 aromatic heterocycles. The predicted octanol–water partition coefficient (Wildman–Crippen LogP) is 4.04. The van der Waals surface area contributed by atoms with Crippen molar-refractivity contribution in [3.05, 3.63) is 72.5 Å². The molecular weight excluding hydrogens is 365 g/mol. The van der Waals surface area contributed by atoms with Crippen LogP contribution in [0.5, 0.6) is 0 Å². The third kappa shape index (κ3) is 3.49. The van der Waals surface area contributed by atoms with Crippen molar-refractivity contribution in [1.82, 2.24) is 19.9 Å². The van der Waals surface area contributed by atoms with Crippen LogP contribution in [0.1, 0.15) is 17.6 Å². The highest BCUT2D eigenvalue weighted by atomic mass is 32.2. The molecule has 0 saturated heterocycles. The molecule has 4 aromatic rings. The Balaban J connectivity index is 1.78. The van der Waals surface area contributed by atoms with Crippen molar-refractivity contribution in [2.24, 2.45) is 5.73 Å². The number of nitrogens with zero attached hydrogens (tertiary/aromatic N) is 3. The van der Waals surface area contributed by atoms with E-state index in [-0.39, 0.29) is 5.82 Å². The van der Waals surface area contributed by atoms with Crippen molar-refractivity contribution in [3.8, 4) is 22.5 Å². The molecule has 0 radical (unpaired) electrons. The maximum atomic E-state index is 13.3. The number of hydrogen-bond acceptors (Lipinski definition) is 6. The van der Waals surface area contributed by atoms with Gasteiger partial charge in [-0.25, -0.2) is 14.4 Å². The number of nitrogens with two attached hydrogens (primary N) is 1. The van der Waals surface area contributed by atoms with Crippen molar-refractivity contribution in [1.29, 1.82) is 0 Å². The molecule has 0 amide bonds. The van der Waals surface area contributed by atoms with E-state index in [1.54, 1.807) is 24.5 Å². The summed E-state index contributed by atoms with van der Waals surface area (Å²) >= 11 is 1.50. The molecule has 0 bridgehead atoms. The topological polar surface area (TPSA) is 93.6 Å². The smallest absolute Gasteiger partial charge is 0.217 e. The number of oxazole rings is 1. The molecule has 8 heteroatoms. The van der Waals surface area contributed by atoms with E-state index in [1.165, 1.54) is 30.2 Å². The minimum absolute atomic E-state index is 0.284. The quantitative estimate of drug-likeness (QED) is 0.507. The average Bonchev–Trinajstić information content (AvgIpc) is 3.38. The number of pyridine rings is 1. The summed E-state index contributed by atoms with van der Waals surface area (Å²) in [4.78, 5) is 16.4. The van der Waals surface area contributed by atoms with E-state index in [0.29, 0.717) is 11.6 Å². The monoisotopic (exact) mass is 381 g/mol. The van der Waals surface area contributed by atoms with Crippen LogP contribution in [-0.4, -0.2) is 26.2 Å². The fourth-order valence-corrected chi connectivity index (χ4v) is 3.15. The maximum absolute atomic E-state index is 13.3. The first-order valence-corrected chi connectivity index (χ1v) is 9.39. The second kappa shape index (κ2) is 7.34. The molecule has 1 atom stereocenters. The summed E-state index contributed by atoms with van der Waals surface area (Å²) in [6.07, 6.45) is 6.64. The van der Waals surface area contributed by atoms with Crippen LogP contribution in [0.25, 0.3) is 22.5 Å². The van der Waals surface area contributed by atoms with Crippen LogP contribution in [0, 0.1) is 5.82 Å². The second-order valence-electron chi connectivity index (χ2n) is 5.79. The van der Waals surface area contributed by atoms with Crippen LogP contribution in [0.15, 0.2) is 64.6 Å². The number of thioether (sulfide) groups is 1. The molecule has 136 valence electrons. The molecule has 27 heavy (non-hydrogen) atoms. The summed E-state index contributed by atoms with van der Waals surface area (Å²) in [5.41, 5.74) is 10.1. The number of nitrogens with one attached hydrogen (secondary N) is 1. The number of benzene rings is 1. The highest BCUT2D eigenvalue weighted by Crippen LogP contribution is 2.33. The van der Waals surface area contributed by atoms with Gasteiger partial charge in [0.2, 0.25) is 5.89 Å². The molecule has 1 aromatic carbocycles. The summed E-state index contributed by atoms with van der Waals surface area (Å²) in [7, 11) is 0.